The quantitative estimate of drug-likeness (QED) is 0.866. The van der Waals surface area contributed by atoms with Gasteiger partial charge in [0.05, 0.1) is 5.02 Å². The maximum atomic E-state index is 12.1. The fourth-order valence-corrected chi connectivity index (χ4v) is 2.30. The van der Waals surface area contributed by atoms with Crippen molar-refractivity contribution in [3.05, 3.63) is 23.0 Å². The lowest BCUT2D eigenvalue weighted by Gasteiger charge is -2.15. The van der Waals surface area contributed by atoms with Gasteiger partial charge in [-0.2, -0.15) is 0 Å². The number of carbonyl (C=O) groups excluding carboxylic acids is 1. The normalized spacial score (nSPS) is 19.9. The van der Waals surface area contributed by atoms with E-state index in [2.05, 4.69) is 10.6 Å². The van der Waals surface area contributed by atoms with E-state index in [0.29, 0.717) is 10.7 Å². The zero-order chi connectivity index (χ0) is 12.4. The molecule has 4 nitrogen and oxygen atoms in total. The minimum Gasteiger partial charge on any atom is -0.347 e. The first kappa shape index (κ1) is 12.5. The molecule has 1 aliphatic rings. The Morgan fingerprint density at radius 2 is 2.41 bits per heavy atom. The highest BCUT2D eigenvalue weighted by Gasteiger charge is 2.20. The van der Waals surface area contributed by atoms with Crippen LogP contribution in [0.3, 0.4) is 0 Å². The van der Waals surface area contributed by atoms with E-state index >= 15 is 0 Å². The molecule has 1 aromatic rings. The average Bonchev–Trinajstić information content (AvgIpc) is 2.86. The van der Waals surface area contributed by atoms with E-state index in [0.717, 1.165) is 19.5 Å². The van der Waals surface area contributed by atoms with Gasteiger partial charge in [0.25, 0.3) is 5.91 Å². The van der Waals surface area contributed by atoms with Crippen molar-refractivity contribution in [1.29, 1.82) is 0 Å². The maximum Gasteiger partial charge on any atom is 0.268 e. The highest BCUT2D eigenvalue weighted by molar-refractivity contribution is 6.31. The minimum atomic E-state index is -0.0423. The first-order chi connectivity index (χ1) is 8.08. The summed E-state index contributed by atoms with van der Waals surface area (Å²) in [6, 6.07) is 2.18. The van der Waals surface area contributed by atoms with Crippen LogP contribution in [0.15, 0.2) is 12.3 Å². The summed E-state index contributed by atoms with van der Waals surface area (Å²) in [4.78, 5) is 12.1. The van der Waals surface area contributed by atoms with Gasteiger partial charge in [0.2, 0.25) is 0 Å². The van der Waals surface area contributed by atoms with Crippen molar-refractivity contribution in [1.82, 2.24) is 15.2 Å². The second-order valence-electron chi connectivity index (χ2n) is 4.71. The van der Waals surface area contributed by atoms with Crippen LogP contribution in [0.2, 0.25) is 5.02 Å². The van der Waals surface area contributed by atoms with Gasteiger partial charge < -0.3 is 15.2 Å². The Balaban J connectivity index is 2.12. The molecule has 2 rings (SSSR count). The van der Waals surface area contributed by atoms with Crippen molar-refractivity contribution in [3.8, 4) is 0 Å². The number of nitrogens with zero attached hydrogens (tertiary/aromatic N) is 1. The van der Waals surface area contributed by atoms with E-state index in [1.165, 1.54) is 0 Å². The Bertz CT molecular complexity index is 408. The SMILES string of the molecule is CC(C)n1cc(Cl)cc1C(=O)N[C@@H]1CCNC1. The van der Waals surface area contributed by atoms with Crippen LogP contribution in [0.4, 0.5) is 0 Å². The van der Waals surface area contributed by atoms with E-state index < -0.39 is 0 Å². The highest BCUT2D eigenvalue weighted by Crippen LogP contribution is 2.19. The standard InChI is InChI=1S/C12H18ClN3O/c1-8(2)16-7-9(13)5-11(16)12(17)15-10-3-4-14-6-10/h5,7-8,10,14H,3-4,6H2,1-2H3,(H,15,17)/t10-/m1/s1. The highest BCUT2D eigenvalue weighted by atomic mass is 35.5. The van der Waals surface area contributed by atoms with Gasteiger partial charge in [-0.3, -0.25) is 4.79 Å². The lowest BCUT2D eigenvalue weighted by atomic mass is 10.2. The number of rotatable bonds is 3. The molecule has 0 spiro atoms. The van der Waals surface area contributed by atoms with Crippen LogP contribution < -0.4 is 10.6 Å². The topological polar surface area (TPSA) is 46.1 Å². The summed E-state index contributed by atoms with van der Waals surface area (Å²) in [6.45, 7) is 5.88. The summed E-state index contributed by atoms with van der Waals surface area (Å²) in [7, 11) is 0. The molecule has 1 aromatic heterocycles. The van der Waals surface area contributed by atoms with Crippen molar-refractivity contribution in [2.75, 3.05) is 13.1 Å². The van der Waals surface area contributed by atoms with Crippen molar-refractivity contribution in [2.24, 2.45) is 0 Å². The van der Waals surface area contributed by atoms with Crippen molar-refractivity contribution < 1.29 is 4.79 Å². The largest absolute Gasteiger partial charge is 0.347 e. The van der Waals surface area contributed by atoms with Crippen LogP contribution in [0.1, 0.15) is 36.8 Å². The van der Waals surface area contributed by atoms with Crippen LogP contribution in [0, 0.1) is 0 Å². The van der Waals surface area contributed by atoms with Gasteiger partial charge in [-0.25, -0.2) is 0 Å². The number of hydrogen-bond donors (Lipinski definition) is 2. The fraction of sp³-hybridized carbons (Fsp3) is 0.583. The zero-order valence-electron chi connectivity index (χ0n) is 10.2. The molecule has 2 N–H and O–H groups in total. The van der Waals surface area contributed by atoms with Gasteiger partial charge in [-0.05, 0) is 32.9 Å². The number of nitrogens with one attached hydrogen (secondary N) is 2. The summed E-state index contributed by atoms with van der Waals surface area (Å²) < 4.78 is 1.90. The van der Waals surface area contributed by atoms with Crippen LogP contribution in [0.25, 0.3) is 0 Å². The maximum absolute atomic E-state index is 12.1. The third-order valence-corrected chi connectivity index (χ3v) is 3.21. The Kier molecular flexibility index (Phi) is 3.74. The second kappa shape index (κ2) is 5.10. The van der Waals surface area contributed by atoms with E-state index in [4.69, 9.17) is 11.6 Å². The van der Waals surface area contributed by atoms with Crippen LogP contribution in [-0.4, -0.2) is 29.6 Å². The molecule has 0 radical (unpaired) electrons. The van der Waals surface area contributed by atoms with Gasteiger partial charge in [-0.1, -0.05) is 11.6 Å². The summed E-state index contributed by atoms with van der Waals surface area (Å²) in [5.41, 5.74) is 0.636. The Morgan fingerprint density at radius 1 is 1.65 bits per heavy atom. The van der Waals surface area contributed by atoms with Crippen molar-refractivity contribution in [2.45, 2.75) is 32.4 Å². The number of halogens is 1. The number of hydrogen-bond acceptors (Lipinski definition) is 2. The first-order valence-corrected chi connectivity index (χ1v) is 6.34. The van der Waals surface area contributed by atoms with Gasteiger partial charge >= 0.3 is 0 Å². The van der Waals surface area contributed by atoms with E-state index in [1.807, 2.05) is 18.4 Å². The zero-order valence-corrected chi connectivity index (χ0v) is 10.9. The van der Waals surface area contributed by atoms with Gasteiger partial charge in [0, 0.05) is 24.8 Å². The second-order valence-corrected chi connectivity index (χ2v) is 5.14. The van der Waals surface area contributed by atoms with E-state index in [-0.39, 0.29) is 18.0 Å². The molecule has 0 unspecified atom stereocenters. The summed E-state index contributed by atoms with van der Waals surface area (Å²) in [6.07, 6.45) is 2.79. The van der Waals surface area contributed by atoms with Gasteiger partial charge in [0.15, 0.2) is 0 Å². The molecule has 5 heteroatoms. The molecule has 94 valence electrons. The van der Waals surface area contributed by atoms with Crippen LogP contribution >= 0.6 is 11.6 Å². The molecule has 0 saturated carbocycles. The smallest absolute Gasteiger partial charge is 0.268 e. The fourth-order valence-electron chi connectivity index (χ4n) is 2.09. The molecule has 17 heavy (non-hydrogen) atoms. The molecular formula is C12H18ClN3O. The monoisotopic (exact) mass is 255 g/mol. The number of aromatic nitrogens is 1. The molecule has 1 atom stereocenters. The predicted octanol–water partition coefficient (Wildman–Crippen LogP) is 1.81. The Hall–Kier alpha value is -1.00. The van der Waals surface area contributed by atoms with E-state index in [9.17, 15) is 4.79 Å². The molecule has 0 aromatic carbocycles. The van der Waals surface area contributed by atoms with Crippen molar-refractivity contribution in [3.63, 3.8) is 0 Å². The third kappa shape index (κ3) is 2.82. The molecule has 0 bridgehead atoms. The lowest BCUT2D eigenvalue weighted by molar-refractivity contribution is 0.0929. The molecule has 2 heterocycles. The Morgan fingerprint density at radius 3 is 3.00 bits per heavy atom. The first-order valence-electron chi connectivity index (χ1n) is 5.97. The molecule has 1 fully saturated rings. The van der Waals surface area contributed by atoms with Crippen LogP contribution in [0.5, 0.6) is 0 Å². The molecule has 1 aliphatic heterocycles. The molecule has 1 amide bonds. The number of carbonyl (C=O) groups is 1. The summed E-state index contributed by atoms with van der Waals surface area (Å²) in [5, 5.41) is 6.85. The van der Waals surface area contributed by atoms with Gasteiger partial charge in [0.1, 0.15) is 5.69 Å². The molecular weight excluding hydrogens is 238 g/mol. The minimum absolute atomic E-state index is 0.0423. The van der Waals surface area contributed by atoms with Gasteiger partial charge in [-0.15, -0.1) is 0 Å². The van der Waals surface area contributed by atoms with Crippen LogP contribution in [-0.2, 0) is 0 Å². The average molecular weight is 256 g/mol. The Labute approximate surface area is 106 Å². The molecule has 1 saturated heterocycles. The third-order valence-electron chi connectivity index (χ3n) is 3.00. The summed E-state index contributed by atoms with van der Waals surface area (Å²) in [5.74, 6) is -0.0423. The van der Waals surface area contributed by atoms with E-state index in [1.54, 1.807) is 12.3 Å². The van der Waals surface area contributed by atoms with Crippen molar-refractivity contribution >= 4 is 17.5 Å². The lowest BCUT2D eigenvalue weighted by Crippen LogP contribution is -2.37. The predicted molar refractivity (Wildman–Crippen MR) is 68.6 cm³/mol. The molecule has 0 aliphatic carbocycles. The summed E-state index contributed by atoms with van der Waals surface area (Å²) >= 11 is 5.96. The number of amides is 1.